The molecule has 0 rings (SSSR count). The van der Waals surface area contributed by atoms with Gasteiger partial charge < -0.3 is 15.3 Å². The van der Waals surface area contributed by atoms with Gasteiger partial charge in [0.1, 0.15) is 0 Å². The maximum atomic E-state index is 8.89. The van der Waals surface area contributed by atoms with Gasteiger partial charge in [0, 0.05) is 12.5 Å². The van der Waals surface area contributed by atoms with E-state index >= 15 is 0 Å². The summed E-state index contributed by atoms with van der Waals surface area (Å²) in [6.45, 7) is 1.86. The SMILES string of the molecule is CCCC(C=C(CO)CO)CO. The van der Waals surface area contributed by atoms with Crippen LogP contribution in [-0.2, 0) is 0 Å². The zero-order chi connectivity index (χ0) is 9.40. The van der Waals surface area contributed by atoms with Crippen molar-refractivity contribution < 1.29 is 15.3 Å². The minimum Gasteiger partial charge on any atom is -0.396 e. The van der Waals surface area contributed by atoms with Crippen LogP contribution >= 0.6 is 0 Å². The van der Waals surface area contributed by atoms with E-state index in [1.165, 1.54) is 0 Å². The molecule has 1 unspecified atom stereocenters. The van der Waals surface area contributed by atoms with Crippen LogP contribution in [0.4, 0.5) is 0 Å². The predicted octanol–water partition coefficient (Wildman–Crippen LogP) is 0.306. The van der Waals surface area contributed by atoms with E-state index in [0.717, 1.165) is 12.8 Å². The van der Waals surface area contributed by atoms with Crippen molar-refractivity contribution in [3.05, 3.63) is 11.6 Å². The number of hydrogen-bond donors (Lipinski definition) is 3. The summed E-state index contributed by atoms with van der Waals surface area (Å²) in [5.41, 5.74) is 0.586. The highest BCUT2D eigenvalue weighted by atomic mass is 16.3. The van der Waals surface area contributed by atoms with Crippen LogP contribution in [0.1, 0.15) is 19.8 Å². The van der Waals surface area contributed by atoms with E-state index in [-0.39, 0.29) is 25.7 Å². The largest absolute Gasteiger partial charge is 0.396 e. The van der Waals surface area contributed by atoms with Gasteiger partial charge in [0.05, 0.1) is 13.2 Å². The molecule has 12 heavy (non-hydrogen) atoms. The Labute approximate surface area is 73.4 Å². The van der Waals surface area contributed by atoms with Gasteiger partial charge in [-0.1, -0.05) is 19.4 Å². The lowest BCUT2D eigenvalue weighted by atomic mass is 10.0. The highest BCUT2D eigenvalue weighted by molar-refractivity contribution is 5.04. The van der Waals surface area contributed by atoms with Crippen LogP contribution in [0.25, 0.3) is 0 Å². The van der Waals surface area contributed by atoms with Gasteiger partial charge in [-0.15, -0.1) is 0 Å². The van der Waals surface area contributed by atoms with Crippen LogP contribution in [0.5, 0.6) is 0 Å². The first kappa shape index (κ1) is 11.6. The van der Waals surface area contributed by atoms with Gasteiger partial charge in [0.2, 0.25) is 0 Å². The van der Waals surface area contributed by atoms with Crippen molar-refractivity contribution in [2.45, 2.75) is 19.8 Å². The maximum absolute atomic E-state index is 8.89. The third-order valence-corrected chi connectivity index (χ3v) is 1.77. The van der Waals surface area contributed by atoms with Crippen LogP contribution < -0.4 is 0 Å². The second-order valence-electron chi connectivity index (χ2n) is 2.87. The van der Waals surface area contributed by atoms with Crippen molar-refractivity contribution in [3.63, 3.8) is 0 Å². The first-order chi connectivity index (χ1) is 5.78. The fourth-order valence-corrected chi connectivity index (χ4v) is 1.09. The number of hydrogen-bond acceptors (Lipinski definition) is 3. The van der Waals surface area contributed by atoms with Crippen molar-refractivity contribution in [1.29, 1.82) is 0 Å². The lowest BCUT2D eigenvalue weighted by molar-refractivity contribution is 0.238. The fourth-order valence-electron chi connectivity index (χ4n) is 1.09. The Kier molecular flexibility index (Phi) is 7.05. The van der Waals surface area contributed by atoms with Gasteiger partial charge in [-0.05, 0) is 12.0 Å². The molecule has 0 spiro atoms. The van der Waals surface area contributed by atoms with E-state index in [2.05, 4.69) is 0 Å². The summed E-state index contributed by atoms with van der Waals surface area (Å²) in [4.78, 5) is 0. The van der Waals surface area contributed by atoms with E-state index in [1.54, 1.807) is 6.08 Å². The molecule has 0 aromatic heterocycles. The highest BCUT2D eigenvalue weighted by Crippen LogP contribution is 2.09. The minimum atomic E-state index is -0.128. The van der Waals surface area contributed by atoms with Gasteiger partial charge in [0.25, 0.3) is 0 Å². The Balaban J connectivity index is 4.02. The summed E-state index contributed by atoms with van der Waals surface area (Å²) in [5, 5.41) is 26.3. The number of aliphatic hydroxyl groups is 3. The first-order valence-corrected chi connectivity index (χ1v) is 4.30. The first-order valence-electron chi connectivity index (χ1n) is 4.30. The Morgan fingerprint density at radius 3 is 2.17 bits per heavy atom. The Morgan fingerprint density at radius 2 is 1.83 bits per heavy atom. The molecule has 0 saturated carbocycles. The molecule has 1 atom stereocenters. The molecule has 0 aliphatic heterocycles. The maximum Gasteiger partial charge on any atom is 0.0663 e. The van der Waals surface area contributed by atoms with Crippen molar-refractivity contribution in [2.24, 2.45) is 5.92 Å². The van der Waals surface area contributed by atoms with Crippen molar-refractivity contribution in [2.75, 3.05) is 19.8 Å². The molecule has 3 nitrogen and oxygen atoms in total. The summed E-state index contributed by atoms with van der Waals surface area (Å²) in [6.07, 6.45) is 3.63. The van der Waals surface area contributed by atoms with E-state index in [1.807, 2.05) is 6.92 Å². The summed E-state index contributed by atoms with van der Waals surface area (Å²) in [5.74, 6) is 0.0734. The van der Waals surface area contributed by atoms with Crippen LogP contribution in [0.3, 0.4) is 0 Å². The molecule has 0 aliphatic carbocycles. The zero-order valence-corrected chi connectivity index (χ0v) is 7.53. The van der Waals surface area contributed by atoms with Crippen LogP contribution in [-0.4, -0.2) is 35.1 Å². The molecule has 0 aromatic rings. The summed E-state index contributed by atoms with van der Waals surface area (Å²) < 4.78 is 0. The van der Waals surface area contributed by atoms with Crippen molar-refractivity contribution in [3.8, 4) is 0 Å². The molecule has 0 fully saturated rings. The van der Waals surface area contributed by atoms with Gasteiger partial charge >= 0.3 is 0 Å². The average Bonchev–Trinajstić information content (AvgIpc) is 2.12. The normalized spacial score (nSPS) is 12.7. The molecule has 72 valence electrons. The molecule has 0 saturated heterocycles. The van der Waals surface area contributed by atoms with Crippen molar-refractivity contribution in [1.82, 2.24) is 0 Å². The van der Waals surface area contributed by atoms with E-state index < -0.39 is 0 Å². The fraction of sp³-hybridized carbons (Fsp3) is 0.778. The predicted molar refractivity (Wildman–Crippen MR) is 47.7 cm³/mol. The highest BCUT2D eigenvalue weighted by Gasteiger charge is 2.03. The van der Waals surface area contributed by atoms with Gasteiger partial charge in [0.15, 0.2) is 0 Å². The second kappa shape index (κ2) is 7.28. The third-order valence-electron chi connectivity index (χ3n) is 1.77. The van der Waals surface area contributed by atoms with E-state index in [9.17, 15) is 0 Å². The van der Waals surface area contributed by atoms with Gasteiger partial charge in [-0.25, -0.2) is 0 Å². The standard InChI is InChI=1S/C9H18O3/c1-2-3-8(5-10)4-9(6-11)7-12/h4,8,10-12H,2-3,5-7H2,1H3. The molecular weight excluding hydrogens is 156 g/mol. The Hall–Kier alpha value is -0.380. The van der Waals surface area contributed by atoms with Gasteiger partial charge in [-0.3, -0.25) is 0 Å². The molecule has 0 amide bonds. The lowest BCUT2D eigenvalue weighted by Gasteiger charge is -2.09. The minimum absolute atomic E-state index is 0.0734. The zero-order valence-electron chi connectivity index (χ0n) is 7.53. The number of rotatable bonds is 6. The van der Waals surface area contributed by atoms with Gasteiger partial charge in [-0.2, -0.15) is 0 Å². The molecule has 0 radical (unpaired) electrons. The average molecular weight is 174 g/mol. The smallest absolute Gasteiger partial charge is 0.0663 e. The van der Waals surface area contributed by atoms with Crippen LogP contribution in [0, 0.1) is 5.92 Å². The van der Waals surface area contributed by atoms with E-state index in [4.69, 9.17) is 15.3 Å². The molecule has 0 bridgehead atoms. The van der Waals surface area contributed by atoms with Crippen LogP contribution in [0.15, 0.2) is 11.6 Å². The third kappa shape index (κ3) is 4.49. The monoisotopic (exact) mass is 174 g/mol. The Morgan fingerprint density at radius 1 is 1.25 bits per heavy atom. The van der Waals surface area contributed by atoms with E-state index in [0.29, 0.717) is 5.57 Å². The topological polar surface area (TPSA) is 60.7 Å². The summed E-state index contributed by atoms with van der Waals surface area (Å²) in [7, 11) is 0. The molecular formula is C9H18O3. The second-order valence-corrected chi connectivity index (χ2v) is 2.87. The Bertz CT molecular complexity index is 126. The molecule has 3 N–H and O–H groups in total. The number of aliphatic hydroxyl groups excluding tert-OH is 3. The molecule has 3 heteroatoms. The molecule has 0 aromatic carbocycles. The summed E-state index contributed by atoms with van der Waals surface area (Å²) in [6, 6.07) is 0. The lowest BCUT2D eigenvalue weighted by Crippen LogP contribution is -2.06. The quantitative estimate of drug-likeness (QED) is 0.508. The molecule has 0 aliphatic rings. The van der Waals surface area contributed by atoms with Crippen LogP contribution in [0.2, 0.25) is 0 Å². The summed E-state index contributed by atoms with van der Waals surface area (Å²) >= 11 is 0. The molecule has 0 heterocycles. The van der Waals surface area contributed by atoms with Crippen molar-refractivity contribution >= 4 is 0 Å².